The van der Waals surface area contributed by atoms with Crippen molar-refractivity contribution in [3.05, 3.63) is 30.3 Å². The number of hydrogen-bond donors (Lipinski definition) is 1. The number of esters is 1. The first-order valence-electron chi connectivity index (χ1n) is 5.49. The zero-order valence-corrected chi connectivity index (χ0v) is 11.3. The van der Waals surface area contributed by atoms with Crippen LogP contribution in [-0.2, 0) is 13.4 Å². The first kappa shape index (κ1) is 12.4. The van der Waals surface area contributed by atoms with Gasteiger partial charge in [0.1, 0.15) is 0 Å². The maximum atomic E-state index is 12.3. The third-order valence-corrected chi connectivity index (χ3v) is 6.42. The molecule has 1 aliphatic heterocycles. The van der Waals surface area contributed by atoms with E-state index in [1.807, 2.05) is 30.3 Å². The van der Waals surface area contributed by atoms with Gasteiger partial charge in [-0.15, -0.1) is 0 Å². The minimum atomic E-state index is -2.08. The minimum absolute atomic E-state index is 0.0708. The van der Waals surface area contributed by atoms with Crippen LogP contribution in [0.4, 0.5) is 0 Å². The Morgan fingerprint density at radius 3 is 2.76 bits per heavy atom. The average molecular weight is 300 g/mol. The summed E-state index contributed by atoms with van der Waals surface area (Å²) in [6, 6.07) is 9.18. The number of benzene rings is 1. The van der Waals surface area contributed by atoms with Crippen molar-refractivity contribution in [2.75, 3.05) is 13.7 Å². The Morgan fingerprint density at radius 2 is 2.12 bits per heavy atom. The van der Waals surface area contributed by atoms with Gasteiger partial charge in [-0.3, -0.25) is 0 Å². The first-order valence-corrected chi connectivity index (χ1v) is 8.03. The number of carbonyl (C=O) groups is 1. The third kappa shape index (κ3) is 2.80. The van der Waals surface area contributed by atoms with Crippen molar-refractivity contribution in [1.82, 2.24) is 5.32 Å². The fourth-order valence-electron chi connectivity index (χ4n) is 1.94. The van der Waals surface area contributed by atoms with E-state index in [1.54, 1.807) is 0 Å². The monoisotopic (exact) mass is 301 g/mol. The van der Waals surface area contributed by atoms with Crippen LogP contribution >= 0.6 is 0 Å². The van der Waals surface area contributed by atoms with Gasteiger partial charge in [0.05, 0.1) is 0 Å². The molecule has 0 bridgehead atoms. The van der Waals surface area contributed by atoms with Gasteiger partial charge < -0.3 is 0 Å². The van der Waals surface area contributed by atoms with Crippen molar-refractivity contribution in [1.29, 1.82) is 0 Å². The summed E-state index contributed by atoms with van der Waals surface area (Å²) in [5, 5.41) is 3.06. The van der Waals surface area contributed by atoms with Crippen LogP contribution < -0.4 is 9.78 Å². The maximum absolute atomic E-state index is 12.3. The molecule has 92 valence electrons. The number of rotatable bonds is 3. The van der Waals surface area contributed by atoms with E-state index < -0.39 is 13.8 Å². The molecule has 1 saturated heterocycles. The number of hydrogen-bond acceptors (Lipinski definition) is 4. The summed E-state index contributed by atoms with van der Waals surface area (Å²) < 4.78 is 17.9. The van der Waals surface area contributed by atoms with Gasteiger partial charge >= 0.3 is 104 Å². The van der Waals surface area contributed by atoms with Crippen molar-refractivity contribution < 1.29 is 13.4 Å². The van der Waals surface area contributed by atoms with Gasteiger partial charge in [0, 0.05) is 0 Å². The van der Waals surface area contributed by atoms with E-state index in [9.17, 15) is 8.63 Å². The number of ether oxygens (including phenoxy) is 1. The molecule has 1 aliphatic rings. The van der Waals surface area contributed by atoms with Crippen LogP contribution in [0.2, 0.25) is 4.82 Å². The molecule has 0 aliphatic carbocycles. The van der Waals surface area contributed by atoms with Crippen LogP contribution in [0.3, 0.4) is 0 Å². The van der Waals surface area contributed by atoms with Gasteiger partial charge in [0.25, 0.3) is 0 Å². The van der Waals surface area contributed by atoms with E-state index in [-0.39, 0.29) is 16.8 Å². The second kappa shape index (κ2) is 5.54. The predicted molar refractivity (Wildman–Crippen MR) is 64.7 cm³/mol. The van der Waals surface area contributed by atoms with Crippen molar-refractivity contribution in [3.63, 3.8) is 0 Å². The van der Waals surface area contributed by atoms with Crippen molar-refractivity contribution >= 4 is 24.3 Å². The standard InChI is InChI=1S/C12H15NO3Se/c1-16-12(14)11-7-10(8-13-11)17(15)9-5-3-2-4-6-9/h2-6,10-11,13H,7-8H2,1H3/t10?,11-,17?/m0/s1. The van der Waals surface area contributed by atoms with Crippen LogP contribution in [0.5, 0.6) is 0 Å². The molecule has 3 atom stereocenters. The predicted octanol–water partition coefficient (Wildman–Crippen LogP) is 0.221. The topological polar surface area (TPSA) is 55.4 Å². The molecule has 0 aromatic heterocycles. The van der Waals surface area contributed by atoms with Crippen LogP contribution in [0.1, 0.15) is 6.42 Å². The molecule has 0 saturated carbocycles. The molecule has 1 N–H and O–H groups in total. The zero-order valence-electron chi connectivity index (χ0n) is 9.59. The fraction of sp³-hybridized carbons (Fsp3) is 0.417. The quantitative estimate of drug-likeness (QED) is 0.641. The summed E-state index contributed by atoms with van der Waals surface area (Å²) in [6.07, 6.45) is 0.607. The fourth-order valence-corrected chi connectivity index (χ4v) is 4.93. The second-order valence-corrected chi connectivity index (χ2v) is 7.59. The molecule has 0 spiro atoms. The van der Waals surface area contributed by atoms with Crippen molar-refractivity contribution in [3.8, 4) is 0 Å². The Kier molecular flexibility index (Phi) is 4.05. The Hall–Kier alpha value is -1.03. The molecule has 4 nitrogen and oxygen atoms in total. The molecule has 0 amide bonds. The molecule has 1 aromatic carbocycles. The summed E-state index contributed by atoms with van der Waals surface area (Å²) in [7, 11) is 1.37. The van der Waals surface area contributed by atoms with Crippen LogP contribution in [0.15, 0.2) is 30.3 Å². The summed E-state index contributed by atoms with van der Waals surface area (Å²) in [5.74, 6) is -0.264. The molecule has 1 heterocycles. The van der Waals surface area contributed by atoms with Crippen molar-refractivity contribution in [2.45, 2.75) is 17.3 Å². The SMILES string of the molecule is COC(=O)[C@@H]1CC([Se](=O)c2ccccc2)CN1. The van der Waals surface area contributed by atoms with Gasteiger partial charge in [0.15, 0.2) is 0 Å². The zero-order chi connectivity index (χ0) is 12.3. The number of nitrogens with one attached hydrogen (secondary N) is 1. The average Bonchev–Trinajstić information content (AvgIpc) is 2.87. The Balaban J connectivity index is 2.02. The van der Waals surface area contributed by atoms with Crippen LogP contribution in [-0.4, -0.2) is 39.5 Å². The summed E-state index contributed by atoms with van der Waals surface area (Å²) in [6.45, 7) is 0.628. The number of methoxy groups -OCH3 is 1. The van der Waals surface area contributed by atoms with E-state index >= 15 is 0 Å². The van der Waals surface area contributed by atoms with E-state index in [1.165, 1.54) is 7.11 Å². The second-order valence-electron chi connectivity index (χ2n) is 3.95. The molecule has 1 fully saturated rings. The Bertz CT molecular complexity index is 421. The van der Waals surface area contributed by atoms with Crippen molar-refractivity contribution in [2.24, 2.45) is 0 Å². The molecule has 5 heteroatoms. The van der Waals surface area contributed by atoms with Gasteiger partial charge in [-0.1, -0.05) is 0 Å². The summed E-state index contributed by atoms with van der Waals surface area (Å²) >= 11 is -2.08. The summed E-state index contributed by atoms with van der Waals surface area (Å²) in [5.41, 5.74) is 0. The van der Waals surface area contributed by atoms with Gasteiger partial charge in [-0.05, 0) is 0 Å². The van der Waals surface area contributed by atoms with Crippen LogP contribution in [0.25, 0.3) is 0 Å². The normalized spacial score (nSPS) is 25.5. The van der Waals surface area contributed by atoms with E-state index in [0.29, 0.717) is 13.0 Å². The van der Waals surface area contributed by atoms with E-state index in [0.717, 1.165) is 4.46 Å². The van der Waals surface area contributed by atoms with Gasteiger partial charge in [0.2, 0.25) is 0 Å². The molecule has 17 heavy (non-hydrogen) atoms. The third-order valence-electron chi connectivity index (χ3n) is 2.85. The molecule has 2 rings (SSSR count). The van der Waals surface area contributed by atoms with E-state index in [2.05, 4.69) is 10.1 Å². The van der Waals surface area contributed by atoms with E-state index in [4.69, 9.17) is 0 Å². The summed E-state index contributed by atoms with van der Waals surface area (Å²) in [4.78, 5) is 11.4. The van der Waals surface area contributed by atoms with Gasteiger partial charge in [-0.25, -0.2) is 0 Å². The molecular formula is C12H15NO3Se. The molecular weight excluding hydrogens is 285 g/mol. The Morgan fingerprint density at radius 1 is 1.41 bits per heavy atom. The molecule has 0 radical (unpaired) electrons. The van der Waals surface area contributed by atoms with Gasteiger partial charge in [-0.2, -0.15) is 0 Å². The molecule has 1 aromatic rings. The first-order chi connectivity index (χ1) is 8.22. The molecule has 2 unspecified atom stereocenters. The number of carbonyl (C=O) groups excluding carboxylic acids is 1. The van der Waals surface area contributed by atoms with Crippen LogP contribution in [0, 0.1) is 0 Å². The Labute approximate surface area is 104 Å².